The first-order valence-electron chi connectivity index (χ1n) is 6.86. The number of aromatic nitrogens is 3. The third-order valence-corrected chi connectivity index (χ3v) is 3.35. The van der Waals surface area contributed by atoms with Crippen molar-refractivity contribution >= 4 is 5.91 Å². The number of hydrogen-bond acceptors (Lipinski definition) is 4. The smallest absolute Gasteiger partial charge is 0.291 e. The summed E-state index contributed by atoms with van der Waals surface area (Å²) in [4.78, 5) is 18.2. The maximum Gasteiger partial charge on any atom is 0.291 e. The van der Waals surface area contributed by atoms with Crippen LogP contribution in [-0.2, 0) is 0 Å². The summed E-state index contributed by atoms with van der Waals surface area (Å²) in [6.45, 7) is 9.76. The van der Waals surface area contributed by atoms with E-state index in [2.05, 4.69) is 46.3 Å². The highest BCUT2D eigenvalue weighted by molar-refractivity contribution is 5.90. The fraction of sp³-hybridized carbons (Fsp3) is 0.769. The average molecular weight is 267 g/mol. The number of rotatable bonds is 7. The van der Waals surface area contributed by atoms with Gasteiger partial charge in [-0.25, -0.2) is 4.98 Å². The molecule has 1 atom stereocenters. The number of carbonyl (C=O) groups excluding carboxylic acids is 1. The van der Waals surface area contributed by atoms with Gasteiger partial charge in [-0.2, -0.15) is 0 Å². The molecular formula is C13H25N5O. The van der Waals surface area contributed by atoms with E-state index in [4.69, 9.17) is 0 Å². The number of nitrogens with one attached hydrogen (secondary N) is 2. The molecule has 0 spiro atoms. The fourth-order valence-corrected chi connectivity index (χ4v) is 1.59. The first-order chi connectivity index (χ1) is 8.95. The van der Waals surface area contributed by atoms with E-state index in [1.165, 1.54) is 0 Å². The van der Waals surface area contributed by atoms with Crippen molar-refractivity contribution < 1.29 is 4.79 Å². The molecule has 0 saturated carbocycles. The molecule has 1 unspecified atom stereocenters. The SMILES string of the molecule is CCC(C)N(C)CCNC(=O)c1n[nH]c(C(C)C)n1. The van der Waals surface area contributed by atoms with Crippen molar-refractivity contribution in [1.82, 2.24) is 25.4 Å². The zero-order valence-electron chi connectivity index (χ0n) is 12.5. The standard InChI is InChI=1S/C13H25N5O/c1-6-10(4)18(5)8-7-14-13(19)12-15-11(9(2)3)16-17-12/h9-10H,6-8H2,1-5H3,(H,14,19)(H,15,16,17). The van der Waals surface area contributed by atoms with Gasteiger partial charge in [0.15, 0.2) is 0 Å². The Morgan fingerprint density at radius 2 is 2.11 bits per heavy atom. The van der Waals surface area contributed by atoms with Crippen LogP contribution in [-0.4, -0.2) is 52.2 Å². The molecule has 1 aromatic heterocycles. The molecule has 1 amide bonds. The lowest BCUT2D eigenvalue weighted by atomic mass is 10.2. The van der Waals surface area contributed by atoms with Gasteiger partial charge in [0, 0.05) is 25.0 Å². The van der Waals surface area contributed by atoms with Crippen LogP contribution >= 0.6 is 0 Å². The highest BCUT2D eigenvalue weighted by Crippen LogP contribution is 2.07. The highest BCUT2D eigenvalue weighted by atomic mass is 16.2. The van der Waals surface area contributed by atoms with E-state index in [1.54, 1.807) is 0 Å². The van der Waals surface area contributed by atoms with E-state index in [9.17, 15) is 4.79 Å². The van der Waals surface area contributed by atoms with E-state index in [0.29, 0.717) is 12.6 Å². The molecule has 19 heavy (non-hydrogen) atoms. The van der Waals surface area contributed by atoms with Crippen molar-refractivity contribution in [1.29, 1.82) is 0 Å². The van der Waals surface area contributed by atoms with Crippen molar-refractivity contribution in [3.8, 4) is 0 Å². The Morgan fingerprint density at radius 3 is 2.63 bits per heavy atom. The van der Waals surface area contributed by atoms with Gasteiger partial charge in [0.2, 0.25) is 5.82 Å². The van der Waals surface area contributed by atoms with Crippen LogP contribution in [0, 0.1) is 0 Å². The first-order valence-corrected chi connectivity index (χ1v) is 6.86. The molecule has 0 saturated heterocycles. The minimum Gasteiger partial charge on any atom is -0.348 e. The molecule has 0 aliphatic rings. The Balaban J connectivity index is 2.38. The molecule has 6 heteroatoms. The van der Waals surface area contributed by atoms with Crippen LogP contribution in [0.3, 0.4) is 0 Å². The van der Waals surface area contributed by atoms with Gasteiger partial charge in [0.05, 0.1) is 0 Å². The fourth-order valence-electron chi connectivity index (χ4n) is 1.59. The monoisotopic (exact) mass is 267 g/mol. The molecule has 1 heterocycles. The number of H-pyrrole nitrogens is 1. The Morgan fingerprint density at radius 1 is 1.42 bits per heavy atom. The molecule has 108 valence electrons. The van der Waals surface area contributed by atoms with Crippen LogP contribution in [0.25, 0.3) is 0 Å². The lowest BCUT2D eigenvalue weighted by Gasteiger charge is -2.23. The van der Waals surface area contributed by atoms with Crippen LogP contribution in [0.1, 0.15) is 56.5 Å². The normalized spacial score (nSPS) is 13.0. The van der Waals surface area contributed by atoms with Crippen LogP contribution in [0.15, 0.2) is 0 Å². The highest BCUT2D eigenvalue weighted by Gasteiger charge is 2.14. The zero-order chi connectivity index (χ0) is 14.4. The van der Waals surface area contributed by atoms with Gasteiger partial charge in [-0.05, 0) is 20.4 Å². The van der Waals surface area contributed by atoms with Crippen LogP contribution < -0.4 is 5.32 Å². The summed E-state index contributed by atoms with van der Waals surface area (Å²) in [6, 6.07) is 0.521. The average Bonchev–Trinajstić information content (AvgIpc) is 2.87. The third kappa shape index (κ3) is 4.63. The largest absolute Gasteiger partial charge is 0.348 e. The summed E-state index contributed by atoms with van der Waals surface area (Å²) >= 11 is 0. The summed E-state index contributed by atoms with van der Waals surface area (Å²) in [5.74, 6) is 0.975. The van der Waals surface area contributed by atoms with Crippen LogP contribution in [0.4, 0.5) is 0 Å². The summed E-state index contributed by atoms with van der Waals surface area (Å²) in [5.41, 5.74) is 0. The number of hydrogen-bond donors (Lipinski definition) is 2. The zero-order valence-corrected chi connectivity index (χ0v) is 12.5. The molecule has 0 aliphatic carbocycles. The summed E-state index contributed by atoms with van der Waals surface area (Å²) in [6.07, 6.45) is 1.10. The Kier molecular flexibility index (Phi) is 5.95. The quantitative estimate of drug-likeness (QED) is 0.783. The lowest BCUT2D eigenvalue weighted by Crippen LogP contribution is -2.37. The van der Waals surface area contributed by atoms with Crippen molar-refractivity contribution in [3.63, 3.8) is 0 Å². The van der Waals surface area contributed by atoms with Gasteiger partial charge in [0.1, 0.15) is 5.82 Å². The Hall–Kier alpha value is -1.43. The number of nitrogens with zero attached hydrogens (tertiary/aromatic N) is 3. The van der Waals surface area contributed by atoms with Crippen LogP contribution in [0.5, 0.6) is 0 Å². The maximum atomic E-state index is 11.8. The van der Waals surface area contributed by atoms with Crippen molar-refractivity contribution in [2.75, 3.05) is 20.1 Å². The predicted molar refractivity (Wildman–Crippen MR) is 75.2 cm³/mol. The summed E-state index contributed by atoms with van der Waals surface area (Å²) in [7, 11) is 2.06. The van der Waals surface area contributed by atoms with Crippen molar-refractivity contribution in [2.45, 2.75) is 46.1 Å². The molecule has 6 nitrogen and oxygen atoms in total. The van der Waals surface area contributed by atoms with Crippen molar-refractivity contribution in [3.05, 3.63) is 11.6 Å². The second-order valence-electron chi connectivity index (χ2n) is 5.19. The van der Waals surface area contributed by atoms with E-state index in [-0.39, 0.29) is 17.6 Å². The van der Waals surface area contributed by atoms with Gasteiger partial charge >= 0.3 is 0 Å². The third-order valence-electron chi connectivity index (χ3n) is 3.35. The van der Waals surface area contributed by atoms with Gasteiger partial charge in [-0.1, -0.05) is 20.8 Å². The van der Waals surface area contributed by atoms with Gasteiger partial charge in [-0.3, -0.25) is 9.89 Å². The van der Waals surface area contributed by atoms with Gasteiger partial charge in [0.25, 0.3) is 5.91 Å². The number of amides is 1. The van der Waals surface area contributed by atoms with Crippen LogP contribution in [0.2, 0.25) is 0 Å². The second-order valence-corrected chi connectivity index (χ2v) is 5.19. The topological polar surface area (TPSA) is 73.9 Å². The molecule has 0 aliphatic heterocycles. The molecular weight excluding hydrogens is 242 g/mol. The minimum atomic E-state index is -0.222. The molecule has 2 N–H and O–H groups in total. The van der Waals surface area contributed by atoms with E-state index in [0.717, 1.165) is 18.8 Å². The predicted octanol–water partition coefficient (Wildman–Crippen LogP) is 1.39. The second kappa shape index (κ2) is 7.23. The Labute approximate surface area is 115 Å². The summed E-state index contributed by atoms with van der Waals surface area (Å²) < 4.78 is 0. The van der Waals surface area contributed by atoms with E-state index in [1.807, 2.05) is 13.8 Å². The maximum absolute atomic E-state index is 11.8. The lowest BCUT2D eigenvalue weighted by molar-refractivity contribution is 0.0937. The first kappa shape index (κ1) is 15.6. The molecule has 0 aromatic carbocycles. The molecule has 1 aromatic rings. The van der Waals surface area contributed by atoms with E-state index >= 15 is 0 Å². The van der Waals surface area contributed by atoms with Gasteiger partial charge < -0.3 is 10.2 Å². The molecule has 0 radical (unpaired) electrons. The summed E-state index contributed by atoms with van der Waals surface area (Å²) in [5, 5.41) is 9.54. The molecule has 0 fully saturated rings. The Bertz CT molecular complexity index is 401. The van der Waals surface area contributed by atoms with Crippen molar-refractivity contribution in [2.24, 2.45) is 0 Å². The van der Waals surface area contributed by atoms with E-state index < -0.39 is 0 Å². The van der Waals surface area contributed by atoms with Gasteiger partial charge in [-0.15, -0.1) is 5.10 Å². The molecule has 1 rings (SSSR count). The number of carbonyl (C=O) groups is 1. The number of likely N-dealkylation sites (N-methyl/N-ethyl adjacent to an activating group) is 1. The minimum absolute atomic E-state index is 0.217. The molecule has 0 bridgehead atoms. The number of aromatic amines is 1.